The fraction of sp³-hybridized carbons (Fsp3) is 0.733. The molecule has 6 nitrogen and oxygen atoms in total. The molecule has 0 bridgehead atoms. The quantitative estimate of drug-likeness (QED) is 0.783. The lowest BCUT2D eigenvalue weighted by Crippen LogP contribution is -2.41. The highest BCUT2D eigenvalue weighted by Crippen LogP contribution is 2.33. The Morgan fingerprint density at radius 3 is 2.52 bits per heavy atom. The molecule has 2 heterocycles. The van der Waals surface area contributed by atoms with Crippen LogP contribution in [-0.2, 0) is 21.0 Å². The molecule has 0 amide bonds. The largest absolute Gasteiger partial charge is 0.381 e. The maximum Gasteiger partial charge on any atom is 0.148 e. The van der Waals surface area contributed by atoms with E-state index in [-0.39, 0.29) is 11.2 Å². The van der Waals surface area contributed by atoms with E-state index >= 15 is 0 Å². The van der Waals surface area contributed by atoms with E-state index in [2.05, 4.69) is 15.3 Å². The first kappa shape index (κ1) is 18.4. The first-order chi connectivity index (χ1) is 10.7. The van der Waals surface area contributed by atoms with Gasteiger partial charge in [0.05, 0.1) is 5.75 Å². The number of aryl methyl sites for hydroxylation is 1. The van der Waals surface area contributed by atoms with Crippen molar-refractivity contribution in [3.8, 4) is 0 Å². The number of nitrogens with zero attached hydrogens (tertiary/aromatic N) is 2. The lowest BCUT2D eigenvalue weighted by Gasteiger charge is -2.37. The summed E-state index contributed by atoms with van der Waals surface area (Å²) in [5, 5.41) is 3.74. The first-order valence-electron chi connectivity index (χ1n) is 7.77. The van der Waals surface area contributed by atoms with Crippen LogP contribution < -0.4 is 5.32 Å². The van der Waals surface area contributed by atoms with Gasteiger partial charge in [-0.1, -0.05) is 18.5 Å². The van der Waals surface area contributed by atoms with Gasteiger partial charge in [-0.05, 0) is 19.8 Å². The van der Waals surface area contributed by atoms with Crippen molar-refractivity contribution in [2.24, 2.45) is 5.41 Å². The zero-order valence-electron chi connectivity index (χ0n) is 13.9. The van der Waals surface area contributed by atoms with Gasteiger partial charge in [0, 0.05) is 43.4 Å². The molecule has 0 aliphatic carbocycles. The molecule has 2 rings (SSSR count). The van der Waals surface area contributed by atoms with E-state index in [1.807, 2.05) is 13.8 Å². The van der Waals surface area contributed by atoms with Crippen molar-refractivity contribution in [1.82, 2.24) is 9.97 Å². The standard InChI is InChI=1S/C15H24ClN3O3S/c1-4-12-18-13(16)11(2)14(19-12)17-9-15(10-23(3,20)21)5-7-22-8-6-15/h4-10H2,1-3H3,(H,17,18,19). The smallest absolute Gasteiger partial charge is 0.148 e. The van der Waals surface area contributed by atoms with Crippen molar-refractivity contribution in [2.75, 3.05) is 37.1 Å². The van der Waals surface area contributed by atoms with Crippen molar-refractivity contribution in [3.63, 3.8) is 0 Å². The Balaban J connectivity index is 2.20. The molecule has 1 fully saturated rings. The van der Waals surface area contributed by atoms with Gasteiger partial charge in [0.1, 0.15) is 26.6 Å². The fourth-order valence-corrected chi connectivity index (χ4v) is 4.56. The zero-order chi connectivity index (χ0) is 17.1. The number of anilines is 1. The molecule has 1 aliphatic heterocycles. The van der Waals surface area contributed by atoms with Crippen LogP contribution in [0.25, 0.3) is 0 Å². The molecular weight excluding hydrogens is 338 g/mol. The number of aromatic nitrogens is 2. The Morgan fingerprint density at radius 1 is 1.30 bits per heavy atom. The third kappa shape index (κ3) is 5.02. The second-order valence-corrected chi connectivity index (χ2v) is 8.79. The average Bonchev–Trinajstić information content (AvgIpc) is 2.48. The summed E-state index contributed by atoms with van der Waals surface area (Å²) in [6.45, 7) is 5.52. The van der Waals surface area contributed by atoms with E-state index < -0.39 is 9.84 Å². The number of halogens is 1. The fourth-order valence-electron chi connectivity index (χ4n) is 2.87. The van der Waals surface area contributed by atoms with Gasteiger partial charge in [0.15, 0.2) is 0 Å². The third-order valence-electron chi connectivity index (χ3n) is 4.20. The first-order valence-corrected chi connectivity index (χ1v) is 10.2. The Hall–Kier alpha value is -0.920. The average molecular weight is 362 g/mol. The molecule has 0 unspecified atom stereocenters. The molecule has 1 aromatic rings. The van der Waals surface area contributed by atoms with E-state index in [0.717, 1.165) is 5.56 Å². The van der Waals surface area contributed by atoms with E-state index in [1.54, 1.807) is 0 Å². The summed E-state index contributed by atoms with van der Waals surface area (Å²) < 4.78 is 29.0. The molecule has 1 saturated heterocycles. The van der Waals surface area contributed by atoms with Crippen molar-refractivity contribution < 1.29 is 13.2 Å². The Bertz CT molecular complexity index is 658. The summed E-state index contributed by atoms with van der Waals surface area (Å²) in [5.41, 5.74) is 0.452. The molecule has 0 aromatic carbocycles. The predicted molar refractivity (Wildman–Crippen MR) is 91.8 cm³/mol. The summed E-state index contributed by atoms with van der Waals surface area (Å²) in [4.78, 5) is 8.70. The van der Waals surface area contributed by atoms with Gasteiger partial charge < -0.3 is 10.1 Å². The van der Waals surface area contributed by atoms with Crippen LogP contribution in [0.2, 0.25) is 5.15 Å². The van der Waals surface area contributed by atoms with Crippen molar-refractivity contribution in [2.45, 2.75) is 33.1 Å². The van der Waals surface area contributed by atoms with Crippen LogP contribution in [0.3, 0.4) is 0 Å². The number of nitrogens with one attached hydrogen (secondary N) is 1. The van der Waals surface area contributed by atoms with Crippen molar-refractivity contribution in [3.05, 3.63) is 16.5 Å². The van der Waals surface area contributed by atoms with Gasteiger partial charge in [-0.25, -0.2) is 18.4 Å². The lowest BCUT2D eigenvalue weighted by atomic mass is 9.82. The molecule has 1 N–H and O–H groups in total. The highest BCUT2D eigenvalue weighted by Gasteiger charge is 2.36. The minimum Gasteiger partial charge on any atom is -0.381 e. The number of ether oxygens (including phenoxy) is 1. The molecule has 0 spiro atoms. The lowest BCUT2D eigenvalue weighted by molar-refractivity contribution is 0.0315. The van der Waals surface area contributed by atoms with Gasteiger partial charge in [0.2, 0.25) is 0 Å². The highest BCUT2D eigenvalue weighted by atomic mass is 35.5. The normalized spacial score (nSPS) is 17.9. The van der Waals surface area contributed by atoms with Crippen LogP contribution in [-0.4, -0.2) is 50.2 Å². The topological polar surface area (TPSA) is 81.2 Å². The maximum absolute atomic E-state index is 11.8. The number of rotatable bonds is 6. The van der Waals surface area contributed by atoms with Crippen molar-refractivity contribution >= 4 is 27.3 Å². The molecule has 1 aliphatic rings. The van der Waals surface area contributed by atoms with Crippen LogP contribution in [0.4, 0.5) is 5.82 Å². The summed E-state index contributed by atoms with van der Waals surface area (Å²) >= 11 is 6.15. The molecular formula is C15H24ClN3O3S. The summed E-state index contributed by atoms with van der Waals surface area (Å²) in [7, 11) is -3.07. The second kappa shape index (κ2) is 7.32. The molecule has 0 atom stereocenters. The summed E-state index contributed by atoms with van der Waals surface area (Å²) in [6, 6.07) is 0. The minimum atomic E-state index is -3.07. The van der Waals surface area contributed by atoms with Gasteiger partial charge in [0.25, 0.3) is 0 Å². The zero-order valence-corrected chi connectivity index (χ0v) is 15.4. The molecule has 0 radical (unpaired) electrons. The van der Waals surface area contributed by atoms with Gasteiger partial charge in [-0.15, -0.1) is 0 Å². The van der Waals surface area contributed by atoms with Crippen LogP contribution in [0, 0.1) is 12.3 Å². The number of hydrogen-bond acceptors (Lipinski definition) is 6. The van der Waals surface area contributed by atoms with E-state index in [1.165, 1.54) is 6.26 Å². The van der Waals surface area contributed by atoms with E-state index in [0.29, 0.717) is 55.8 Å². The van der Waals surface area contributed by atoms with Crippen LogP contribution in [0.1, 0.15) is 31.2 Å². The van der Waals surface area contributed by atoms with Gasteiger partial charge >= 0.3 is 0 Å². The SMILES string of the molecule is CCc1nc(Cl)c(C)c(NCC2(CS(C)(=O)=O)CCOCC2)n1. The monoisotopic (exact) mass is 361 g/mol. The Labute approximate surface area is 142 Å². The van der Waals surface area contributed by atoms with Crippen LogP contribution >= 0.6 is 11.6 Å². The van der Waals surface area contributed by atoms with E-state index in [4.69, 9.17) is 16.3 Å². The van der Waals surface area contributed by atoms with Crippen molar-refractivity contribution in [1.29, 1.82) is 0 Å². The van der Waals surface area contributed by atoms with Crippen LogP contribution in [0.5, 0.6) is 0 Å². The van der Waals surface area contributed by atoms with Crippen LogP contribution in [0.15, 0.2) is 0 Å². The Morgan fingerprint density at radius 2 is 1.96 bits per heavy atom. The highest BCUT2D eigenvalue weighted by molar-refractivity contribution is 7.90. The maximum atomic E-state index is 11.8. The third-order valence-corrected chi connectivity index (χ3v) is 5.71. The number of sulfone groups is 1. The second-order valence-electron chi connectivity index (χ2n) is 6.29. The molecule has 130 valence electrons. The number of hydrogen-bond donors (Lipinski definition) is 1. The molecule has 0 saturated carbocycles. The van der Waals surface area contributed by atoms with Gasteiger partial charge in [-0.3, -0.25) is 0 Å². The predicted octanol–water partition coefficient (Wildman–Crippen LogP) is 2.25. The molecule has 1 aromatic heterocycles. The van der Waals surface area contributed by atoms with Gasteiger partial charge in [-0.2, -0.15) is 0 Å². The summed E-state index contributed by atoms with van der Waals surface area (Å²) in [6.07, 6.45) is 3.40. The van der Waals surface area contributed by atoms with E-state index in [9.17, 15) is 8.42 Å². The molecule has 8 heteroatoms. The minimum absolute atomic E-state index is 0.148. The Kier molecular flexibility index (Phi) is 5.86. The molecule has 23 heavy (non-hydrogen) atoms. The summed E-state index contributed by atoms with van der Waals surface area (Å²) in [5.74, 6) is 1.50.